The van der Waals surface area contributed by atoms with E-state index in [-0.39, 0.29) is 73.3 Å². The minimum atomic E-state index is -0.729. The maximum absolute atomic E-state index is 9.95. The van der Waals surface area contributed by atoms with Gasteiger partial charge >= 0.3 is 0 Å². The van der Waals surface area contributed by atoms with Crippen LogP contribution in [0.1, 0.15) is 73.3 Å². The van der Waals surface area contributed by atoms with Gasteiger partial charge in [-0.1, -0.05) is 66.8 Å². The normalized spacial score (nSPS) is 5.94. The van der Waals surface area contributed by atoms with Crippen molar-refractivity contribution in [2.75, 3.05) is 0 Å². The predicted molar refractivity (Wildman–Crippen MR) is 88.4 cm³/mol. The Bertz CT molecular complexity index is 108. The molecule has 0 unspecified atom stereocenters. The summed E-state index contributed by atoms with van der Waals surface area (Å²) in [4.78, 5) is 19.7. The molecule has 0 saturated carbocycles. The van der Waals surface area contributed by atoms with E-state index >= 15 is 0 Å². The number of hydrogen-bond donors (Lipinski definition) is 2. The van der Waals surface area contributed by atoms with E-state index in [1.54, 1.807) is 0 Å². The average Bonchev–Trinajstić information content (AvgIpc) is 1.65. The van der Waals surface area contributed by atoms with Crippen molar-refractivity contribution < 1.29 is 9.59 Å². The zero-order chi connectivity index (χ0) is 6.57. The van der Waals surface area contributed by atoms with E-state index in [0.717, 1.165) is 0 Å². The van der Waals surface area contributed by atoms with Crippen LogP contribution in [-0.2, 0) is 9.59 Å². The van der Waals surface area contributed by atoms with Crippen LogP contribution in [-0.4, -0.2) is 18.2 Å². The standard InChI is InChI=1S/C4H8N2O2.9CH4/c5-3(2-7)1-4(6)8;;;;;;;;;/h2-3H,1,5H2,(H2,6,8);9*1H4/t3-;;;;;;;;;/m1........./s1. The van der Waals surface area contributed by atoms with E-state index in [0.29, 0.717) is 6.29 Å². The molecule has 0 rings (SSSR count). The van der Waals surface area contributed by atoms with Crippen LogP contribution < -0.4 is 11.5 Å². The molecule has 1 atom stereocenters. The summed E-state index contributed by atoms with van der Waals surface area (Å²) in [5.74, 6) is -0.551. The Kier molecular flexibility index (Phi) is 346. The highest BCUT2D eigenvalue weighted by atomic mass is 16.1. The SMILES string of the molecule is C.C.C.C.C.C.C.C.C.NC(=O)C[C@@H](N)C=O. The Morgan fingerprint density at radius 3 is 1.18 bits per heavy atom. The molecule has 0 spiro atoms. The van der Waals surface area contributed by atoms with Crippen LogP contribution in [0.4, 0.5) is 0 Å². The molecule has 0 aromatic carbocycles. The third-order valence-corrected chi connectivity index (χ3v) is 0.612. The molecule has 0 aliphatic rings. The molecule has 0 radical (unpaired) electrons. The Hall–Kier alpha value is -0.900. The predicted octanol–water partition coefficient (Wildman–Crippen LogP) is 4.11. The molecule has 0 aromatic heterocycles. The first kappa shape index (κ1) is 98.7. The van der Waals surface area contributed by atoms with Crippen molar-refractivity contribution in [3.05, 3.63) is 0 Å². The van der Waals surface area contributed by atoms with Crippen molar-refractivity contribution in [3.8, 4) is 0 Å². The maximum atomic E-state index is 9.95. The molecular weight excluding hydrogens is 216 g/mol. The highest BCUT2D eigenvalue weighted by molar-refractivity contribution is 5.78. The Morgan fingerprint density at radius 2 is 1.12 bits per heavy atom. The molecule has 0 fully saturated rings. The van der Waals surface area contributed by atoms with Gasteiger partial charge in [-0.2, -0.15) is 0 Å². The van der Waals surface area contributed by atoms with E-state index < -0.39 is 11.9 Å². The van der Waals surface area contributed by atoms with Gasteiger partial charge in [-0.05, 0) is 0 Å². The second-order valence-electron chi connectivity index (χ2n) is 1.47. The van der Waals surface area contributed by atoms with E-state index in [1.165, 1.54) is 0 Å². The van der Waals surface area contributed by atoms with Gasteiger partial charge in [0, 0.05) is 6.42 Å². The molecule has 0 bridgehead atoms. The van der Waals surface area contributed by atoms with Gasteiger partial charge in [0.05, 0.1) is 6.04 Å². The van der Waals surface area contributed by atoms with E-state index in [9.17, 15) is 9.59 Å². The molecule has 17 heavy (non-hydrogen) atoms. The summed E-state index contributed by atoms with van der Waals surface area (Å²) in [6.07, 6.45) is 0.425. The van der Waals surface area contributed by atoms with Crippen LogP contribution in [0, 0.1) is 0 Å². The van der Waals surface area contributed by atoms with Gasteiger partial charge in [0.2, 0.25) is 5.91 Å². The first-order valence-electron chi connectivity index (χ1n) is 2.16. The first-order valence-corrected chi connectivity index (χ1v) is 2.16. The molecule has 0 aliphatic heterocycles. The Balaban J connectivity index is -0.00000000681. The summed E-state index contributed by atoms with van der Waals surface area (Å²) in [6, 6.07) is -0.729. The Morgan fingerprint density at radius 1 is 0.882 bits per heavy atom. The first-order chi connectivity index (χ1) is 3.66. The van der Waals surface area contributed by atoms with E-state index in [2.05, 4.69) is 0 Å². The van der Waals surface area contributed by atoms with Crippen molar-refractivity contribution in [3.63, 3.8) is 0 Å². The fourth-order valence-electron chi connectivity index (χ4n) is 0.280. The van der Waals surface area contributed by atoms with Crippen molar-refractivity contribution in [2.45, 2.75) is 79.3 Å². The fraction of sp³-hybridized carbons (Fsp3) is 0.846. The topological polar surface area (TPSA) is 86.2 Å². The number of hydrogen-bond acceptors (Lipinski definition) is 3. The summed E-state index contributed by atoms with van der Waals surface area (Å²) in [7, 11) is 0. The lowest BCUT2D eigenvalue weighted by atomic mass is 10.2. The molecule has 118 valence electrons. The average molecular weight is 261 g/mol. The van der Waals surface area contributed by atoms with Crippen LogP contribution in [0.2, 0.25) is 0 Å². The third kappa shape index (κ3) is 99.6. The summed E-state index contributed by atoms with van der Waals surface area (Å²) in [6.45, 7) is 0. The zero-order valence-electron chi connectivity index (χ0n) is 4.33. The third-order valence-electron chi connectivity index (χ3n) is 0.612. The Labute approximate surface area is 113 Å². The molecule has 0 aliphatic carbocycles. The summed E-state index contributed by atoms with van der Waals surface area (Å²) in [5, 5.41) is 0. The molecule has 1 amide bonds. The smallest absolute Gasteiger partial charge is 0.219 e. The van der Waals surface area contributed by atoms with E-state index in [1.807, 2.05) is 0 Å². The van der Waals surface area contributed by atoms with Gasteiger partial charge in [0.1, 0.15) is 6.29 Å². The van der Waals surface area contributed by atoms with Crippen molar-refractivity contribution in [1.82, 2.24) is 0 Å². The molecule has 4 heteroatoms. The minimum absolute atomic E-state index is 0. The molecule has 4 N–H and O–H groups in total. The lowest BCUT2D eigenvalue weighted by Crippen LogP contribution is -2.28. The van der Waals surface area contributed by atoms with Gasteiger partial charge in [-0.15, -0.1) is 0 Å². The number of amides is 1. The maximum Gasteiger partial charge on any atom is 0.219 e. The van der Waals surface area contributed by atoms with Gasteiger partial charge in [-0.3, -0.25) is 4.79 Å². The number of carbonyl (C=O) groups is 2. The van der Waals surface area contributed by atoms with Crippen LogP contribution in [0.15, 0.2) is 0 Å². The highest BCUT2D eigenvalue weighted by Gasteiger charge is 2.02. The van der Waals surface area contributed by atoms with Gasteiger partial charge in [0.15, 0.2) is 0 Å². The summed E-state index contributed by atoms with van der Waals surface area (Å²) < 4.78 is 0. The van der Waals surface area contributed by atoms with Crippen molar-refractivity contribution in [2.24, 2.45) is 11.5 Å². The molecule has 0 saturated heterocycles. The van der Waals surface area contributed by atoms with E-state index in [4.69, 9.17) is 11.5 Å². The summed E-state index contributed by atoms with van der Waals surface area (Å²) in [5.41, 5.74) is 9.70. The summed E-state index contributed by atoms with van der Waals surface area (Å²) >= 11 is 0. The number of rotatable bonds is 3. The molecule has 4 nitrogen and oxygen atoms in total. The largest absolute Gasteiger partial charge is 0.370 e. The van der Waals surface area contributed by atoms with Gasteiger partial charge in [-0.25, -0.2) is 0 Å². The number of nitrogens with two attached hydrogens (primary N) is 2. The van der Waals surface area contributed by atoms with Crippen LogP contribution >= 0.6 is 0 Å². The monoisotopic (exact) mass is 260 g/mol. The molecule has 0 aromatic rings. The minimum Gasteiger partial charge on any atom is -0.370 e. The lowest BCUT2D eigenvalue weighted by molar-refractivity contribution is -0.120. The number of carbonyl (C=O) groups excluding carboxylic acids is 2. The lowest BCUT2D eigenvalue weighted by Gasteiger charge is -1.95. The van der Waals surface area contributed by atoms with Crippen LogP contribution in [0.5, 0.6) is 0 Å². The second-order valence-corrected chi connectivity index (χ2v) is 1.47. The molecule has 0 heterocycles. The zero-order valence-corrected chi connectivity index (χ0v) is 4.33. The van der Waals surface area contributed by atoms with Crippen molar-refractivity contribution in [1.29, 1.82) is 0 Å². The van der Waals surface area contributed by atoms with Crippen molar-refractivity contribution >= 4 is 12.2 Å². The van der Waals surface area contributed by atoms with Crippen LogP contribution in [0.3, 0.4) is 0 Å². The second kappa shape index (κ2) is 59.6. The fourth-order valence-corrected chi connectivity index (χ4v) is 0.280. The quantitative estimate of drug-likeness (QED) is 0.749. The molecular formula is C13H44N2O2. The van der Waals surface area contributed by atoms with Crippen LogP contribution in [0.25, 0.3) is 0 Å². The number of aldehydes is 1. The highest BCUT2D eigenvalue weighted by Crippen LogP contribution is 1.78. The van der Waals surface area contributed by atoms with Gasteiger partial charge < -0.3 is 16.3 Å². The van der Waals surface area contributed by atoms with Gasteiger partial charge in [0.25, 0.3) is 0 Å². The number of primary amides is 1.